The molecular weight excluding hydrogens is 408 g/mol. The van der Waals surface area contributed by atoms with Gasteiger partial charge < -0.3 is 29.6 Å². The highest BCUT2D eigenvalue weighted by Gasteiger charge is 2.31. The summed E-state index contributed by atoms with van der Waals surface area (Å²) in [4.78, 5) is 27.1. The zero-order valence-electron chi connectivity index (χ0n) is 16.7. The first-order valence-corrected chi connectivity index (χ1v) is 10.3. The Hall–Kier alpha value is -2.88. The van der Waals surface area contributed by atoms with Crippen LogP contribution in [-0.4, -0.2) is 42.8 Å². The lowest BCUT2D eigenvalue weighted by molar-refractivity contribution is 0.272. The summed E-state index contributed by atoms with van der Waals surface area (Å²) in [6.07, 6.45) is 0. The summed E-state index contributed by atoms with van der Waals surface area (Å²) in [5, 5.41) is 41.9. The van der Waals surface area contributed by atoms with Gasteiger partial charge in [-0.3, -0.25) is 9.59 Å². The summed E-state index contributed by atoms with van der Waals surface area (Å²) >= 11 is 1.29. The average Bonchev–Trinajstić information content (AvgIpc) is 3.21. The summed E-state index contributed by atoms with van der Waals surface area (Å²) in [6.45, 7) is 2.80. The van der Waals surface area contributed by atoms with Gasteiger partial charge in [-0.05, 0) is 37.4 Å². The Morgan fingerprint density at radius 1 is 0.900 bits per heavy atom. The van der Waals surface area contributed by atoms with Gasteiger partial charge in [0, 0.05) is 29.4 Å². The standard InChI is InChI=1S/C21H24N2O6S/c1-12-10-14(26)17(20(28)22(12)5-7-24)19(16-4-3-9-30-16)18-15(27)11-13(2)23(6-8-25)21(18)29/h3-4,9-11,19,24-27H,5-8H2,1-2H3. The highest BCUT2D eigenvalue weighted by Crippen LogP contribution is 2.39. The van der Waals surface area contributed by atoms with Crippen molar-refractivity contribution >= 4 is 11.3 Å². The molecule has 0 amide bonds. The van der Waals surface area contributed by atoms with Gasteiger partial charge in [-0.15, -0.1) is 11.3 Å². The van der Waals surface area contributed by atoms with Gasteiger partial charge in [-0.1, -0.05) is 6.07 Å². The maximum absolute atomic E-state index is 13.3. The van der Waals surface area contributed by atoms with Crippen LogP contribution in [0.1, 0.15) is 33.3 Å². The largest absolute Gasteiger partial charge is 0.507 e. The van der Waals surface area contributed by atoms with Gasteiger partial charge in [0.15, 0.2) is 0 Å². The van der Waals surface area contributed by atoms with E-state index in [-0.39, 0.29) is 48.9 Å². The number of hydrogen-bond donors (Lipinski definition) is 4. The van der Waals surface area contributed by atoms with Crippen LogP contribution in [0.2, 0.25) is 0 Å². The molecule has 0 aromatic carbocycles. The van der Waals surface area contributed by atoms with Crippen molar-refractivity contribution in [3.05, 3.63) is 77.7 Å². The smallest absolute Gasteiger partial charge is 0.258 e. The van der Waals surface area contributed by atoms with Crippen molar-refractivity contribution in [3.8, 4) is 11.5 Å². The summed E-state index contributed by atoms with van der Waals surface area (Å²) < 4.78 is 2.65. The van der Waals surface area contributed by atoms with Crippen LogP contribution < -0.4 is 11.1 Å². The Morgan fingerprint density at radius 2 is 1.37 bits per heavy atom. The van der Waals surface area contributed by atoms with Crippen molar-refractivity contribution in [2.75, 3.05) is 13.2 Å². The fourth-order valence-corrected chi connectivity index (χ4v) is 4.56. The predicted molar refractivity (Wildman–Crippen MR) is 114 cm³/mol. The van der Waals surface area contributed by atoms with E-state index in [2.05, 4.69) is 0 Å². The van der Waals surface area contributed by atoms with Crippen molar-refractivity contribution in [2.24, 2.45) is 0 Å². The number of rotatable bonds is 7. The molecule has 0 aliphatic heterocycles. The molecule has 0 radical (unpaired) electrons. The van der Waals surface area contributed by atoms with E-state index in [0.29, 0.717) is 16.3 Å². The van der Waals surface area contributed by atoms with Crippen LogP contribution in [0.3, 0.4) is 0 Å². The van der Waals surface area contributed by atoms with E-state index in [0.717, 1.165) is 0 Å². The lowest BCUT2D eigenvalue weighted by Crippen LogP contribution is -2.33. The molecule has 3 aromatic heterocycles. The van der Waals surface area contributed by atoms with E-state index < -0.39 is 17.0 Å². The Morgan fingerprint density at radius 3 is 1.73 bits per heavy atom. The molecule has 0 saturated heterocycles. The van der Waals surface area contributed by atoms with Crippen LogP contribution in [0.5, 0.6) is 11.5 Å². The Kier molecular flexibility index (Phi) is 6.45. The van der Waals surface area contributed by atoms with Gasteiger partial charge in [0.1, 0.15) is 11.5 Å². The molecule has 0 fully saturated rings. The van der Waals surface area contributed by atoms with Crippen molar-refractivity contribution < 1.29 is 20.4 Å². The molecule has 3 rings (SSSR count). The highest BCUT2D eigenvalue weighted by molar-refractivity contribution is 7.10. The fraction of sp³-hybridized carbons (Fsp3) is 0.333. The molecule has 0 bridgehead atoms. The van der Waals surface area contributed by atoms with E-state index in [4.69, 9.17) is 0 Å². The third-order valence-corrected chi connectivity index (χ3v) is 6.04. The van der Waals surface area contributed by atoms with Crippen LogP contribution in [-0.2, 0) is 13.1 Å². The van der Waals surface area contributed by atoms with E-state index >= 15 is 0 Å². The van der Waals surface area contributed by atoms with E-state index in [1.54, 1.807) is 31.4 Å². The minimum Gasteiger partial charge on any atom is -0.507 e. The van der Waals surface area contributed by atoms with Gasteiger partial charge in [0.05, 0.1) is 30.3 Å². The number of aliphatic hydroxyl groups is 2. The van der Waals surface area contributed by atoms with Crippen molar-refractivity contribution in [3.63, 3.8) is 0 Å². The number of hydrogen-bond acceptors (Lipinski definition) is 7. The molecule has 0 aliphatic carbocycles. The Bertz CT molecular complexity index is 1090. The van der Waals surface area contributed by atoms with Crippen molar-refractivity contribution in [2.45, 2.75) is 32.9 Å². The molecule has 4 N–H and O–H groups in total. The lowest BCUT2D eigenvalue weighted by Gasteiger charge is -2.22. The average molecular weight is 432 g/mol. The maximum Gasteiger partial charge on any atom is 0.258 e. The SMILES string of the molecule is Cc1cc(O)c(C(c2cccs2)c2c(O)cc(C)n(CCO)c2=O)c(=O)n1CCO. The van der Waals surface area contributed by atoms with Gasteiger partial charge in [0.25, 0.3) is 11.1 Å². The third kappa shape index (κ3) is 3.79. The van der Waals surface area contributed by atoms with E-state index in [9.17, 15) is 30.0 Å². The summed E-state index contributed by atoms with van der Waals surface area (Å²) in [6, 6.07) is 6.29. The molecule has 30 heavy (non-hydrogen) atoms. The van der Waals surface area contributed by atoms with Crippen LogP contribution in [0.4, 0.5) is 0 Å². The molecule has 0 unspecified atom stereocenters. The summed E-state index contributed by atoms with van der Waals surface area (Å²) in [7, 11) is 0. The minimum atomic E-state index is -1.01. The number of pyridine rings is 2. The minimum absolute atomic E-state index is 0.0315. The summed E-state index contributed by atoms with van der Waals surface area (Å²) in [5.41, 5.74) is -0.273. The molecule has 0 aliphatic rings. The maximum atomic E-state index is 13.3. The first kappa shape index (κ1) is 21.8. The molecular formula is C21H24N2O6S. The number of aromatic nitrogens is 2. The van der Waals surface area contributed by atoms with Crippen molar-refractivity contribution in [1.82, 2.24) is 9.13 Å². The number of aryl methyl sites for hydroxylation is 2. The molecule has 8 nitrogen and oxygen atoms in total. The lowest BCUT2D eigenvalue weighted by atomic mass is 9.89. The quantitative estimate of drug-likeness (QED) is 0.446. The third-order valence-electron chi connectivity index (χ3n) is 5.10. The molecule has 3 aromatic rings. The van der Waals surface area contributed by atoms with E-state index in [1.807, 2.05) is 0 Å². The zero-order valence-corrected chi connectivity index (χ0v) is 17.5. The Balaban J connectivity index is 2.40. The van der Waals surface area contributed by atoms with Crippen LogP contribution in [0.25, 0.3) is 0 Å². The molecule has 160 valence electrons. The van der Waals surface area contributed by atoms with E-state index in [1.165, 1.54) is 32.6 Å². The van der Waals surface area contributed by atoms with Crippen LogP contribution >= 0.6 is 11.3 Å². The van der Waals surface area contributed by atoms with Gasteiger partial charge in [-0.25, -0.2) is 0 Å². The summed E-state index contributed by atoms with van der Waals surface area (Å²) in [5.74, 6) is -1.60. The number of aromatic hydroxyl groups is 2. The fourth-order valence-electron chi connectivity index (χ4n) is 3.72. The topological polar surface area (TPSA) is 125 Å². The van der Waals surface area contributed by atoms with Crippen LogP contribution in [0.15, 0.2) is 39.2 Å². The molecule has 0 saturated carbocycles. The number of nitrogens with zero attached hydrogens (tertiary/aromatic N) is 2. The second-order valence-electron chi connectivity index (χ2n) is 6.98. The zero-order chi connectivity index (χ0) is 22.0. The van der Waals surface area contributed by atoms with Crippen LogP contribution in [0, 0.1) is 13.8 Å². The normalized spacial score (nSPS) is 11.4. The van der Waals surface area contributed by atoms with Gasteiger partial charge in [-0.2, -0.15) is 0 Å². The Labute approximate surface area is 176 Å². The second kappa shape index (κ2) is 8.86. The predicted octanol–water partition coefficient (Wildman–Crippen LogP) is 1.26. The second-order valence-corrected chi connectivity index (χ2v) is 7.96. The number of thiophene rings is 1. The van der Waals surface area contributed by atoms with Crippen molar-refractivity contribution in [1.29, 1.82) is 0 Å². The highest BCUT2D eigenvalue weighted by atomic mass is 32.1. The monoisotopic (exact) mass is 432 g/mol. The van der Waals surface area contributed by atoms with Gasteiger partial charge in [0.2, 0.25) is 0 Å². The molecule has 0 spiro atoms. The first-order chi connectivity index (χ1) is 14.3. The molecule has 3 heterocycles. The van der Waals surface area contributed by atoms with Gasteiger partial charge >= 0.3 is 0 Å². The first-order valence-electron chi connectivity index (χ1n) is 9.43. The number of aliphatic hydroxyl groups excluding tert-OH is 2. The molecule has 0 atom stereocenters. The molecule has 9 heteroatoms.